The molecule has 82 valence electrons. The van der Waals surface area contributed by atoms with Crippen LogP contribution in [-0.4, -0.2) is 40.4 Å². The lowest BCUT2D eigenvalue weighted by atomic mass is 10.1. The molecule has 1 fully saturated rings. The highest BCUT2D eigenvalue weighted by atomic mass is 16.2. The van der Waals surface area contributed by atoms with Crippen molar-refractivity contribution in [2.24, 2.45) is 11.7 Å². The van der Waals surface area contributed by atoms with Crippen LogP contribution in [0.5, 0.6) is 0 Å². The smallest absolute Gasteiger partial charge is 0.222 e. The average molecular weight is 208 g/mol. The number of H-pyrrole nitrogens is 1. The Kier molecular flexibility index (Phi) is 3.01. The first-order valence-corrected chi connectivity index (χ1v) is 5.24. The average Bonchev–Trinajstić information content (AvgIpc) is 2.84. The van der Waals surface area contributed by atoms with Crippen LogP contribution in [0, 0.1) is 5.92 Å². The van der Waals surface area contributed by atoms with E-state index in [2.05, 4.69) is 9.97 Å². The van der Waals surface area contributed by atoms with Crippen molar-refractivity contribution in [2.75, 3.05) is 19.6 Å². The van der Waals surface area contributed by atoms with Gasteiger partial charge in [0.05, 0.1) is 6.33 Å². The molecule has 1 aliphatic rings. The predicted octanol–water partition coefficient (Wildman–Crippen LogP) is -0.241. The zero-order valence-electron chi connectivity index (χ0n) is 8.65. The number of hydrogen-bond donors (Lipinski definition) is 2. The van der Waals surface area contributed by atoms with Gasteiger partial charge in [0.25, 0.3) is 0 Å². The van der Waals surface area contributed by atoms with Crippen molar-refractivity contribution in [3.05, 3.63) is 18.2 Å². The quantitative estimate of drug-likeness (QED) is 0.717. The monoisotopic (exact) mass is 208 g/mol. The minimum Gasteiger partial charge on any atom is -0.348 e. The molecule has 1 aromatic heterocycles. The Bertz CT molecular complexity index is 322. The maximum absolute atomic E-state index is 11.5. The fraction of sp³-hybridized carbons (Fsp3) is 0.600. The Hall–Kier alpha value is -1.36. The van der Waals surface area contributed by atoms with Crippen LogP contribution in [0.4, 0.5) is 0 Å². The Morgan fingerprint density at radius 2 is 2.53 bits per heavy atom. The lowest BCUT2D eigenvalue weighted by Crippen LogP contribution is -2.28. The Morgan fingerprint density at radius 3 is 3.13 bits per heavy atom. The standard InChI is InChI=1S/C10H16N4O/c11-4-8-3-10(15)14(6-8)2-1-9-5-12-7-13-9/h5,7-8H,1-4,6,11H2,(H,12,13). The molecule has 0 bridgehead atoms. The predicted molar refractivity (Wildman–Crippen MR) is 56.0 cm³/mol. The first-order chi connectivity index (χ1) is 7.29. The minimum absolute atomic E-state index is 0.227. The van der Waals surface area contributed by atoms with Crippen LogP contribution >= 0.6 is 0 Å². The summed E-state index contributed by atoms with van der Waals surface area (Å²) in [6, 6.07) is 0. The van der Waals surface area contributed by atoms with Crippen molar-refractivity contribution in [2.45, 2.75) is 12.8 Å². The van der Waals surface area contributed by atoms with Gasteiger partial charge in [0.15, 0.2) is 0 Å². The number of aromatic nitrogens is 2. The number of aromatic amines is 1. The van der Waals surface area contributed by atoms with E-state index in [1.807, 2.05) is 4.90 Å². The number of nitrogens with one attached hydrogen (secondary N) is 1. The third-order valence-corrected chi connectivity index (χ3v) is 2.83. The van der Waals surface area contributed by atoms with Crippen molar-refractivity contribution < 1.29 is 4.79 Å². The van der Waals surface area contributed by atoms with Crippen molar-refractivity contribution in [3.63, 3.8) is 0 Å². The summed E-state index contributed by atoms with van der Waals surface area (Å²) < 4.78 is 0. The second-order valence-electron chi connectivity index (χ2n) is 3.97. The lowest BCUT2D eigenvalue weighted by molar-refractivity contribution is -0.127. The zero-order chi connectivity index (χ0) is 10.7. The first kappa shape index (κ1) is 10.2. The summed E-state index contributed by atoms with van der Waals surface area (Å²) in [4.78, 5) is 20.4. The molecule has 5 nitrogen and oxygen atoms in total. The van der Waals surface area contributed by atoms with Gasteiger partial charge in [-0.1, -0.05) is 0 Å². The van der Waals surface area contributed by atoms with Crippen LogP contribution in [-0.2, 0) is 11.2 Å². The van der Waals surface area contributed by atoms with Crippen LogP contribution in [0.1, 0.15) is 12.1 Å². The van der Waals surface area contributed by atoms with Gasteiger partial charge < -0.3 is 15.6 Å². The molecule has 1 atom stereocenters. The van der Waals surface area contributed by atoms with Crippen LogP contribution in [0.25, 0.3) is 0 Å². The SMILES string of the molecule is NCC1CC(=O)N(CCc2cnc[nH]2)C1. The second-order valence-corrected chi connectivity index (χ2v) is 3.97. The minimum atomic E-state index is 0.227. The van der Waals surface area contributed by atoms with E-state index < -0.39 is 0 Å². The Labute approximate surface area is 88.7 Å². The first-order valence-electron chi connectivity index (χ1n) is 5.24. The number of nitrogens with two attached hydrogens (primary N) is 1. The molecule has 0 saturated carbocycles. The van der Waals surface area contributed by atoms with Crippen molar-refractivity contribution >= 4 is 5.91 Å². The summed E-state index contributed by atoms with van der Waals surface area (Å²) in [5, 5.41) is 0. The van der Waals surface area contributed by atoms with E-state index in [9.17, 15) is 4.79 Å². The van der Waals surface area contributed by atoms with E-state index in [0.29, 0.717) is 18.9 Å². The van der Waals surface area contributed by atoms with Crippen molar-refractivity contribution in [3.8, 4) is 0 Å². The number of carbonyl (C=O) groups is 1. The molecular weight excluding hydrogens is 192 g/mol. The largest absolute Gasteiger partial charge is 0.348 e. The van der Waals surface area contributed by atoms with E-state index in [4.69, 9.17) is 5.73 Å². The number of nitrogens with zero attached hydrogens (tertiary/aromatic N) is 2. The van der Waals surface area contributed by atoms with Gasteiger partial charge in [-0.15, -0.1) is 0 Å². The van der Waals surface area contributed by atoms with Gasteiger partial charge in [-0.3, -0.25) is 4.79 Å². The van der Waals surface area contributed by atoms with Gasteiger partial charge in [0, 0.05) is 37.8 Å². The summed E-state index contributed by atoms with van der Waals surface area (Å²) in [6.07, 6.45) is 4.90. The Balaban J connectivity index is 1.83. The van der Waals surface area contributed by atoms with Gasteiger partial charge in [0.2, 0.25) is 5.91 Å². The topological polar surface area (TPSA) is 75.0 Å². The molecule has 1 saturated heterocycles. The fourth-order valence-electron chi connectivity index (χ4n) is 1.90. The molecule has 1 aromatic rings. The highest BCUT2D eigenvalue weighted by molar-refractivity contribution is 5.78. The molecular formula is C10H16N4O. The fourth-order valence-corrected chi connectivity index (χ4v) is 1.90. The summed E-state index contributed by atoms with van der Waals surface area (Å²) in [5.41, 5.74) is 6.62. The van der Waals surface area contributed by atoms with Crippen LogP contribution in [0.15, 0.2) is 12.5 Å². The number of hydrogen-bond acceptors (Lipinski definition) is 3. The number of imidazole rings is 1. The molecule has 5 heteroatoms. The van der Waals surface area contributed by atoms with E-state index >= 15 is 0 Å². The number of rotatable bonds is 4. The maximum Gasteiger partial charge on any atom is 0.222 e. The molecule has 2 rings (SSSR count). The third kappa shape index (κ3) is 2.36. The van der Waals surface area contributed by atoms with Crippen molar-refractivity contribution in [1.82, 2.24) is 14.9 Å². The van der Waals surface area contributed by atoms with E-state index in [1.54, 1.807) is 12.5 Å². The van der Waals surface area contributed by atoms with Gasteiger partial charge in [-0.05, 0) is 12.5 Å². The summed E-state index contributed by atoms with van der Waals surface area (Å²) in [6.45, 7) is 2.17. The number of carbonyl (C=O) groups excluding carboxylic acids is 1. The molecule has 0 aliphatic carbocycles. The number of amides is 1. The molecule has 3 N–H and O–H groups in total. The zero-order valence-corrected chi connectivity index (χ0v) is 8.65. The van der Waals surface area contributed by atoms with Crippen LogP contribution in [0.2, 0.25) is 0 Å². The summed E-state index contributed by atoms with van der Waals surface area (Å²) in [5.74, 6) is 0.573. The van der Waals surface area contributed by atoms with E-state index in [1.165, 1.54) is 0 Å². The van der Waals surface area contributed by atoms with Gasteiger partial charge in [0.1, 0.15) is 0 Å². The Morgan fingerprint density at radius 1 is 1.67 bits per heavy atom. The van der Waals surface area contributed by atoms with Crippen LogP contribution < -0.4 is 5.73 Å². The number of likely N-dealkylation sites (tertiary alicyclic amines) is 1. The van der Waals surface area contributed by atoms with Crippen LogP contribution in [0.3, 0.4) is 0 Å². The molecule has 15 heavy (non-hydrogen) atoms. The lowest BCUT2D eigenvalue weighted by Gasteiger charge is -2.15. The highest BCUT2D eigenvalue weighted by Crippen LogP contribution is 2.16. The van der Waals surface area contributed by atoms with Gasteiger partial charge in [-0.2, -0.15) is 0 Å². The summed E-state index contributed by atoms with van der Waals surface area (Å²) in [7, 11) is 0. The molecule has 0 aromatic carbocycles. The second kappa shape index (κ2) is 4.44. The molecule has 0 radical (unpaired) electrons. The van der Waals surface area contributed by atoms with Gasteiger partial charge in [-0.25, -0.2) is 4.98 Å². The maximum atomic E-state index is 11.5. The molecule has 1 aliphatic heterocycles. The highest BCUT2D eigenvalue weighted by Gasteiger charge is 2.27. The molecule has 1 unspecified atom stereocenters. The normalized spacial score (nSPS) is 21.3. The molecule has 0 spiro atoms. The third-order valence-electron chi connectivity index (χ3n) is 2.83. The summed E-state index contributed by atoms with van der Waals surface area (Å²) >= 11 is 0. The molecule has 2 heterocycles. The van der Waals surface area contributed by atoms with Gasteiger partial charge >= 0.3 is 0 Å². The van der Waals surface area contributed by atoms with Crippen molar-refractivity contribution in [1.29, 1.82) is 0 Å². The van der Waals surface area contributed by atoms with E-state index in [0.717, 1.165) is 25.2 Å². The van der Waals surface area contributed by atoms with E-state index in [-0.39, 0.29) is 5.91 Å². The molecule has 1 amide bonds.